The molecule has 5 nitrogen and oxygen atoms in total. The fourth-order valence-electron chi connectivity index (χ4n) is 0.744. The Kier molecular flexibility index (Phi) is 1.82. The summed E-state index contributed by atoms with van der Waals surface area (Å²) >= 11 is 0. The van der Waals surface area contributed by atoms with Crippen molar-refractivity contribution in [2.45, 2.75) is 6.04 Å². The van der Waals surface area contributed by atoms with Gasteiger partial charge in [0.15, 0.2) is 0 Å². The molecule has 1 unspecified atom stereocenters. The Morgan fingerprint density at radius 2 is 2.27 bits per heavy atom. The van der Waals surface area contributed by atoms with Gasteiger partial charge in [-0.05, 0) is 12.1 Å². The van der Waals surface area contributed by atoms with Gasteiger partial charge < -0.3 is 21.6 Å². The van der Waals surface area contributed by atoms with Crippen molar-refractivity contribution in [2.75, 3.05) is 5.73 Å². The zero-order valence-corrected chi connectivity index (χ0v) is 5.74. The smallest absolute Gasteiger partial charge is 0.326 e. The summed E-state index contributed by atoms with van der Waals surface area (Å²) < 4.78 is 0. The van der Waals surface area contributed by atoms with E-state index in [-0.39, 0.29) is 0 Å². The Hall–Kier alpha value is -1.49. The van der Waals surface area contributed by atoms with Crippen molar-refractivity contribution in [3.8, 4) is 0 Å². The number of carbonyl (C=O) groups is 1. The lowest BCUT2D eigenvalue weighted by molar-refractivity contribution is -0.138. The van der Waals surface area contributed by atoms with Gasteiger partial charge in [0, 0.05) is 5.69 Å². The number of anilines is 1. The Morgan fingerprint density at radius 3 is 2.64 bits per heavy atom. The fourth-order valence-corrected chi connectivity index (χ4v) is 0.744. The van der Waals surface area contributed by atoms with Gasteiger partial charge in [-0.25, -0.2) is 0 Å². The third-order valence-electron chi connectivity index (χ3n) is 1.33. The number of H-pyrrole nitrogens is 1. The van der Waals surface area contributed by atoms with Crippen LogP contribution in [0.25, 0.3) is 0 Å². The highest BCUT2D eigenvalue weighted by Gasteiger charge is 2.14. The topological polar surface area (TPSA) is 105 Å². The summed E-state index contributed by atoms with van der Waals surface area (Å²) in [6.45, 7) is 0. The molecule has 6 N–H and O–H groups in total. The Balaban J connectivity index is 2.84. The van der Waals surface area contributed by atoms with Crippen LogP contribution >= 0.6 is 0 Å². The number of carboxylic acids is 1. The summed E-state index contributed by atoms with van der Waals surface area (Å²) in [6.07, 6.45) is 0. The van der Waals surface area contributed by atoms with Crippen molar-refractivity contribution >= 4 is 11.8 Å². The molecule has 0 saturated carbocycles. The number of nitrogens with two attached hydrogens (primary N) is 2. The largest absolute Gasteiger partial charge is 0.480 e. The van der Waals surface area contributed by atoms with E-state index in [1.54, 1.807) is 12.1 Å². The molecule has 1 aromatic heterocycles. The zero-order chi connectivity index (χ0) is 8.43. The van der Waals surface area contributed by atoms with E-state index in [1.807, 2.05) is 0 Å². The molecule has 0 aromatic carbocycles. The molecule has 0 aliphatic heterocycles. The van der Waals surface area contributed by atoms with Crippen LogP contribution in [-0.4, -0.2) is 16.1 Å². The van der Waals surface area contributed by atoms with Gasteiger partial charge in [-0.3, -0.25) is 4.79 Å². The summed E-state index contributed by atoms with van der Waals surface area (Å²) in [7, 11) is 0. The molecule has 1 aromatic rings. The molecule has 11 heavy (non-hydrogen) atoms. The molecule has 0 aliphatic carbocycles. The predicted octanol–water partition coefficient (Wildman–Crippen LogP) is -0.319. The van der Waals surface area contributed by atoms with E-state index in [1.165, 1.54) is 0 Å². The molecular weight excluding hydrogens is 146 g/mol. The quantitative estimate of drug-likeness (QED) is 0.469. The third kappa shape index (κ3) is 1.50. The summed E-state index contributed by atoms with van der Waals surface area (Å²) in [6, 6.07) is 2.10. The number of hydrogen-bond acceptors (Lipinski definition) is 3. The molecule has 1 atom stereocenters. The van der Waals surface area contributed by atoms with Crippen LogP contribution < -0.4 is 11.5 Å². The van der Waals surface area contributed by atoms with Crippen LogP contribution in [0.1, 0.15) is 11.7 Å². The number of aromatic amines is 1. The van der Waals surface area contributed by atoms with E-state index in [0.29, 0.717) is 11.5 Å². The molecule has 5 heteroatoms. The molecule has 0 spiro atoms. The lowest BCUT2D eigenvalue weighted by Gasteiger charge is -2.01. The minimum absolute atomic E-state index is 0.412. The highest BCUT2D eigenvalue weighted by Crippen LogP contribution is 2.10. The maximum atomic E-state index is 10.3. The van der Waals surface area contributed by atoms with Gasteiger partial charge >= 0.3 is 5.97 Å². The van der Waals surface area contributed by atoms with E-state index in [0.717, 1.165) is 0 Å². The molecule has 0 aliphatic rings. The van der Waals surface area contributed by atoms with E-state index >= 15 is 0 Å². The number of aliphatic carboxylic acids is 1. The van der Waals surface area contributed by atoms with Crippen LogP contribution in [0.3, 0.4) is 0 Å². The lowest BCUT2D eigenvalue weighted by atomic mass is 10.2. The minimum atomic E-state index is -1.08. The lowest BCUT2D eigenvalue weighted by Crippen LogP contribution is -2.20. The molecular formula is C6H9N3O2. The molecule has 0 saturated heterocycles. The third-order valence-corrected chi connectivity index (χ3v) is 1.33. The standard InChI is InChI=1S/C6H9N3O2/c7-4-2-1-3(9-4)5(8)6(10)11/h1-2,5,9H,7-8H2,(H,10,11). The molecule has 0 amide bonds. The van der Waals surface area contributed by atoms with Gasteiger partial charge in [-0.15, -0.1) is 0 Å². The van der Waals surface area contributed by atoms with Crippen molar-refractivity contribution in [1.29, 1.82) is 0 Å². The van der Waals surface area contributed by atoms with Gasteiger partial charge in [-0.1, -0.05) is 0 Å². The van der Waals surface area contributed by atoms with Gasteiger partial charge in [0.1, 0.15) is 11.9 Å². The second-order valence-electron chi connectivity index (χ2n) is 2.18. The molecule has 0 fully saturated rings. The van der Waals surface area contributed by atoms with Crippen LogP contribution in [0.5, 0.6) is 0 Å². The number of aromatic nitrogens is 1. The van der Waals surface area contributed by atoms with Crippen molar-refractivity contribution < 1.29 is 9.90 Å². The fraction of sp³-hybridized carbons (Fsp3) is 0.167. The van der Waals surface area contributed by atoms with Gasteiger partial charge in [0.25, 0.3) is 0 Å². The zero-order valence-electron chi connectivity index (χ0n) is 5.74. The summed E-state index contributed by atoms with van der Waals surface area (Å²) in [4.78, 5) is 13.0. The normalized spacial score (nSPS) is 12.8. The Morgan fingerprint density at radius 1 is 1.64 bits per heavy atom. The Labute approximate surface area is 63.0 Å². The number of carboxylic acid groups (broad SMARTS) is 1. The first-order chi connectivity index (χ1) is 5.11. The minimum Gasteiger partial charge on any atom is -0.480 e. The second kappa shape index (κ2) is 2.63. The summed E-state index contributed by atoms with van der Waals surface area (Å²) in [5.74, 6) is -0.663. The first-order valence-corrected chi connectivity index (χ1v) is 3.04. The van der Waals surface area contributed by atoms with Crippen LogP contribution in [0.2, 0.25) is 0 Å². The average molecular weight is 155 g/mol. The predicted molar refractivity (Wildman–Crippen MR) is 39.8 cm³/mol. The maximum absolute atomic E-state index is 10.3. The highest BCUT2D eigenvalue weighted by atomic mass is 16.4. The number of nitrogens with one attached hydrogen (secondary N) is 1. The van der Waals surface area contributed by atoms with Gasteiger partial charge in [0.2, 0.25) is 0 Å². The van der Waals surface area contributed by atoms with Gasteiger partial charge in [-0.2, -0.15) is 0 Å². The molecule has 1 heterocycles. The SMILES string of the molecule is Nc1ccc(C(N)C(=O)O)[nH]1. The molecule has 0 radical (unpaired) electrons. The van der Waals surface area contributed by atoms with Crippen molar-refractivity contribution in [1.82, 2.24) is 4.98 Å². The summed E-state index contributed by atoms with van der Waals surface area (Å²) in [5.41, 5.74) is 11.0. The average Bonchev–Trinajstić information content (AvgIpc) is 2.34. The van der Waals surface area contributed by atoms with Gasteiger partial charge in [0.05, 0.1) is 0 Å². The maximum Gasteiger partial charge on any atom is 0.326 e. The number of nitrogen functional groups attached to an aromatic ring is 1. The molecule has 0 bridgehead atoms. The van der Waals surface area contributed by atoms with E-state index < -0.39 is 12.0 Å². The van der Waals surface area contributed by atoms with Crippen LogP contribution in [0, 0.1) is 0 Å². The first-order valence-electron chi connectivity index (χ1n) is 3.04. The van der Waals surface area contributed by atoms with E-state index in [9.17, 15) is 4.79 Å². The second-order valence-corrected chi connectivity index (χ2v) is 2.18. The van der Waals surface area contributed by atoms with E-state index in [4.69, 9.17) is 16.6 Å². The molecule has 60 valence electrons. The summed E-state index contributed by atoms with van der Waals surface area (Å²) in [5, 5.41) is 8.46. The number of hydrogen-bond donors (Lipinski definition) is 4. The van der Waals surface area contributed by atoms with E-state index in [2.05, 4.69) is 4.98 Å². The monoisotopic (exact) mass is 155 g/mol. The highest BCUT2D eigenvalue weighted by molar-refractivity contribution is 5.74. The number of rotatable bonds is 2. The van der Waals surface area contributed by atoms with Crippen LogP contribution in [-0.2, 0) is 4.79 Å². The molecule has 1 rings (SSSR count). The van der Waals surface area contributed by atoms with Crippen molar-refractivity contribution in [3.63, 3.8) is 0 Å². The Bertz CT molecular complexity index is 269. The van der Waals surface area contributed by atoms with Crippen LogP contribution in [0.15, 0.2) is 12.1 Å². The first kappa shape index (κ1) is 7.62. The van der Waals surface area contributed by atoms with Crippen molar-refractivity contribution in [3.05, 3.63) is 17.8 Å². The van der Waals surface area contributed by atoms with Crippen molar-refractivity contribution in [2.24, 2.45) is 5.73 Å². The van der Waals surface area contributed by atoms with Crippen LogP contribution in [0.4, 0.5) is 5.82 Å².